The van der Waals surface area contributed by atoms with Gasteiger partial charge in [-0.05, 0) is 57.4 Å². The van der Waals surface area contributed by atoms with Crippen molar-refractivity contribution < 1.29 is 9.21 Å². The first-order valence-electron chi connectivity index (χ1n) is 11.8. The van der Waals surface area contributed by atoms with E-state index in [4.69, 9.17) is 21.0 Å². The van der Waals surface area contributed by atoms with E-state index in [1.165, 1.54) is 32.1 Å². The summed E-state index contributed by atoms with van der Waals surface area (Å²) in [6.07, 6.45) is 10.7. The lowest BCUT2D eigenvalue weighted by Crippen LogP contribution is -2.45. The summed E-state index contributed by atoms with van der Waals surface area (Å²) in [7, 11) is 0. The van der Waals surface area contributed by atoms with E-state index in [1.54, 1.807) is 0 Å². The lowest BCUT2D eigenvalue weighted by atomic mass is 9.94. The number of aryl methyl sites for hydroxylation is 1. The summed E-state index contributed by atoms with van der Waals surface area (Å²) in [6, 6.07) is 7.93. The highest BCUT2D eigenvalue weighted by Crippen LogP contribution is 2.26. The van der Waals surface area contributed by atoms with Gasteiger partial charge in [0.2, 0.25) is 11.8 Å². The Labute approximate surface area is 190 Å². The Morgan fingerprint density at radius 3 is 2.71 bits per heavy atom. The van der Waals surface area contributed by atoms with E-state index in [9.17, 15) is 4.79 Å². The third-order valence-corrected chi connectivity index (χ3v) is 6.90. The molecular weight excluding hydrogens is 410 g/mol. The zero-order chi connectivity index (χ0) is 21.6. The van der Waals surface area contributed by atoms with Crippen LogP contribution in [-0.4, -0.2) is 34.9 Å². The van der Waals surface area contributed by atoms with Gasteiger partial charge >= 0.3 is 0 Å². The number of nitrogens with one attached hydrogen (secondary N) is 1. The average molecular weight is 444 g/mol. The second kappa shape index (κ2) is 10.6. The molecule has 1 atom stereocenters. The van der Waals surface area contributed by atoms with Gasteiger partial charge < -0.3 is 9.73 Å². The standard InChI is InChI=1S/C25H34ClN3O2/c1-18-23(28-25(31-18)19-9-7-11-21(26)15-19)17-29-14-8-10-20(16-29)24(30)27-22-12-5-3-2-4-6-13-22/h7,9,11,15,20,22H,2-6,8,10,12-14,16-17H2,1H3,(H,27,30)/t20-/m1/s1. The second-order valence-corrected chi connectivity index (χ2v) is 9.59. The third kappa shape index (κ3) is 6.11. The molecule has 1 N–H and O–H groups in total. The van der Waals surface area contributed by atoms with E-state index in [1.807, 2.05) is 31.2 Å². The molecule has 0 bridgehead atoms. The quantitative estimate of drug-likeness (QED) is 0.639. The van der Waals surface area contributed by atoms with Gasteiger partial charge in [-0.3, -0.25) is 9.69 Å². The molecule has 0 spiro atoms. The van der Waals surface area contributed by atoms with Gasteiger partial charge in [-0.15, -0.1) is 0 Å². The van der Waals surface area contributed by atoms with E-state index in [2.05, 4.69) is 10.2 Å². The van der Waals surface area contributed by atoms with Gasteiger partial charge in [0.05, 0.1) is 11.6 Å². The fourth-order valence-electron chi connectivity index (χ4n) is 4.86. The van der Waals surface area contributed by atoms with Crippen LogP contribution in [0.25, 0.3) is 11.5 Å². The Morgan fingerprint density at radius 2 is 1.94 bits per heavy atom. The van der Waals surface area contributed by atoms with Crippen molar-refractivity contribution in [3.05, 3.63) is 40.7 Å². The second-order valence-electron chi connectivity index (χ2n) is 9.16. The third-order valence-electron chi connectivity index (χ3n) is 6.67. The van der Waals surface area contributed by atoms with E-state index in [0.717, 1.165) is 55.8 Å². The van der Waals surface area contributed by atoms with Crippen LogP contribution in [0.1, 0.15) is 69.2 Å². The number of carbonyl (C=O) groups is 1. The average Bonchev–Trinajstić information content (AvgIpc) is 3.10. The molecule has 1 saturated heterocycles. The summed E-state index contributed by atoms with van der Waals surface area (Å²) in [4.78, 5) is 20.0. The molecule has 4 rings (SSSR count). The highest BCUT2D eigenvalue weighted by atomic mass is 35.5. The maximum Gasteiger partial charge on any atom is 0.226 e. The van der Waals surface area contributed by atoms with Gasteiger partial charge in [0.1, 0.15) is 5.76 Å². The van der Waals surface area contributed by atoms with Crippen LogP contribution in [0.5, 0.6) is 0 Å². The largest absolute Gasteiger partial charge is 0.441 e. The first kappa shape index (κ1) is 22.3. The Balaban J connectivity index is 1.35. The fourth-order valence-corrected chi connectivity index (χ4v) is 5.05. The number of aromatic nitrogens is 1. The van der Waals surface area contributed by atoms with Gasteiger partial charge in [0, 0.05) is 29.7 Å². The molecule has 1 saturated carbocycles. The van der Waals surface area contributed by atoms with Crippen molar-refractivity contribution >= 4 is 17.5 Å². The number of amides is 1. The van der Waals surface area contributed by atoms with Crippen molar-refractivity contribution in [2.45, 2.75) is 77.3 Å². The highest BCUT2D eigenvalue weighted by molar-refractivity contribution is 6.30. The van der Waals surface area contributed by atoms with Crippen LogP contribution in [0, 0.1) is 12.8 Å². The van der Waals surface area contributed by atoms with Crippen LogP contribution in [0.4, 0.5) is 0 Å². The predicted molar refractivity (Wildman–Crippen MR) is 124 cm³/mol. The topological polar surface area (TPSA) is 58.4 Å². The smallest absolute Gasteiger partial charge is 0.226 e. The summed E-state index contributed by atoms with van der Waals surface area (Å²) >= 11 is 6.11. The van der Waals surface area contributed by atoms with E-state index in [-0.39, 0.29) is 11.8 Å². The number of likely N-dealkylation sites (tertiary alicyclic amines) is 1. The minimum Gasteiger partial charge on any atom is -0.441 e. The van der Waals surface area contributed by atoms with Gasteiger partial charge in [0.25, 0.3) is 0 Å². The summed E-state index contributed by atoms with van der Waals surface area (Å²) < 4.78 is 5.92. The van der Waals surface area contributed by atoms with Crippen molar-refractivity contribution in [3.8, 4) is 11.5 Å². The molecule has 2 heterocycles. The molecule has 1 aromatic heterocycles. The Bertz CT molecular complexity index is 873. The van der Waals surface area contributed by atoms with Crippen molar-refractivity contribution in [1.82, 2.24) is 15.2 Å². The first-order chi connectivity index (χ1) is 15.1. The number of hydrogen-bond donors (Lipinski definition) is 1. The molecule has 5 nitrogen and oxygen atoms in total. The van der Waals surface area contributed by atoms with Crippen LogP contribution in [0.2, 0.25) is 5.02 Å². The van der Waals surface area contributed by atoms with Gasteiger partial charge in [-0.2, -0.15) is 0 Å². The van der Waals surface area contributed by atoms with E-state index in [0.29, 0.717) is 23.5 Å². The van der Waals surface area contributed by atoms with E-state index >= 15 is 0 Å². The normalized spacial score (nSPS) is 21.4. The summed E-state index contributed by atoms with van der Waals surface area (Å²) in [5.74, 6) is 1.74. The molecule has 0 radical (unpaired) electrons. The van der Waals surface area contributed by atoms with Crippen LogP contribution in [0.15, 0.2) is 28.7 Å². The molecular formula is C25H34ClN3O2. The molecule has 1 aliphatic heterocycles. The molecule has 2 fully saturated rings. The number of hydrogen-bond acceptors (Lipinski definition) is 4. The predicted octanol–water partition coefficient (Wildman–Crippen LogP) is 5.74. The van der Waals surface area contributed by atoms with Crippen molar-refractivity contribution in [2.24, 2.45) is 5.92 Å². The summed E-state index contributed by atoms with van der Waals surface area (Å²) in [6.45, 7) is 4.45. The number of oxazole rings is 1. The fraction of sp³-hybridized carbons (Fsp3) is 0.600. The number of nitrogens with zero attached hydrogens (tertiary/aromatic N) is 2. The maximum atomic E-state index is 13.0. The number of halogens is 1. The molecule has 6 heteroatoms. The molecule has 168 valence electrons. The van der Waals surface area contributed by atoms with Crippen molar-refractivity contribution in [1.29, 1.82) is 0 Å². The Morgan fingerprint density at radius 1 is 1.16 bits per heavy atom. The number of benzene rings is 1. The number of rotatable bonds is 5. The lowest BCUT2D eigenvalue weighted by molar-refractivity contribution is -0.127. The zero-order valence-corrected chi connectivity index (χ0v) is 19.3. The first-order valence-corrected chi connectivity index (χ1v) is 12.2. The number of carbonyl (C=O) groups excluding carboxylic acids is 1. The molecule has 31 heavy (non-hydrogen) atoms. The monoisotopic (exact) mass is 443 g/mol. The molecule has 0 unspecified atom stereocenters. The lowest BCUT2D eigenvalue weighted by Gasteiger charge is -2.32. The van der Waals surface area contributed by atoms with Crippen LogP contribution in [0.3, 0.4) is 0 Å². The molecule has 2 aliphatic rings. The highest BCUT2D eigenvalue weighted by Gasteiger charge is 2.28. The summed E-state index contributed by atoms with van der Waals surface area (Å²) in [5.41, 5.74) is 1.83. The molecule has 1 aromatic carbocycles. The van der Waals surface area contributed by atoms with Gasteiger partial charge in [-0.25, -0.2) is 4.98 Å². The maximum absolute atomic E-state index is 13.0. The van der Waals surface area contributed by atoms with Crippen LogP contribution >= 0.6 is 11.6 Å². The molecule has 1 aliphatic carbocycles. The minimum absolute atomic E-state index is 0.0683. The van der Waals surface area contributed by atoms with Gasteiger partial charge in [0.15, 0.2) is 0 Å². The molecule has 2 aromatic rings. The minimum atomic E-state index is 0.0683. The number of piperidine rings is 1. The van der Waals surface area contributed by atoms with E-state index < -0.39 is 0 Å². The Hall–Kier alpha value is -1.85. The zero-order valence-electron chi connectivity index (χ0n) is 18.5. The van der Waals surface area contributed by atoms with Crippen molar-refractivity contribution in [2.75, 3.05) is 13.1 Å². The van der Waals surface area contributed by atoms with Crippen LogP contribution < -0.4 is 5.32 Å². The SMILES string of the molecule is Cc1oc(-c2cccc(Cl)c2)nc1CN1CCC[C@@H](C(=O)NC2CCCCCCC2)C1. The van der Waals surface area contributed by atoms with Gasteiger partial charge in [-0.1, -0.05) is 49.8 Å². The molecule has 1 amide bonds. The van der Waals surface area contributed by atoms with Crippen LogP contribution in [-0.2, 0) is 11.3 Å². The van der Waals surface area contributed by atoms with Crippen molar-refractivity contribution in [3.63, 3.8) is 0 Å². The summed E-state index contributed by atoms with van der Waals surface area (Å²) in [5, 5.41) is 4.04. The Kier molecular flexibility index (Phi) is 7.67.